The molecule has 0 bridgehead atoms. The first-order valence-electron chi connectivity index (χ1n) is 10.3. The van der Waals surface area contributed by atoms with Gasteiger partial charge in [-0.25, -0.2) is 13.8 Å². The van der Waals surface area contributed by atoms with Crippen molar-refractivity contribution < 1.29 is 18.4 Å². The highest BCUT2D eigenvalue weighted by Gasteiger charge is 2.34. The number of nitrogens with zero attached hydrogens (tertiary/aromatic N) is 2. The third kappa shape index (κ3) is 5.97. The monoisotopic (exact) mass is 431 g/mol. The third-order valence-corrected chi connectivity index (χ3v) is 5.35. The van der Waals surface area contributed by atoms with Gasteiger partial charge < -0.3 is 16.0 Å². The van der Waals surface area contributed by atoms with Crippen molar-refractivity contribution in [3.8, 4) is 0 Å². The van der Waals surface area contributed by atoms with Crippen molar-refractivity contribution in [2.45, 2.75) is 51.4 Å². The highest BCUT2D eigenvalue weighted by atomic mass is 19.2. The summed E-state index contributed by atoms with van der Waals surface area (Å²) < 4.78 is 27.1. The van der Waals surface area contributed by atoms with Gasteiger partial charge in [0, 0.05) is 26.1 Å². The molecule has 2 aromatic rings. The lowest BCUT2D eigenvalue weighted by molar-refractivity contribution is -0.143. The molecule has 1 aliphatic rings. The molecule has 2 heterocycles. The number of hydrogen-bond donors (Lipinski definition) is 3. The molecule has 0 aliphatic carbocycles. The molecule has 3 rings (SSSR count). The summed E-state index contributed by atoms with van der Waals surface area (Å²) in [6, 6.07) is 6.00. The molecule has 9 heteroatoms. The van der Waals surface area contributed by atoms with E-state index in [2.05, 4.69) is 15.6 Å². The van der Waals surface area contributed by atoms with Crippen LogP contribution in [0.25, 0.3) is 0 Å². The number of nitrogen functional groups attached to an aromatic ring is 1. The van der Waals surface area contributed by atoms with Gasteiger partial charge in [0.25, 0.3) is 0 Å². The van der Waals surface area contributed by atoms with Crippen LogP contribution in [-0.4, -0.2) is 40.5 Å². The summed E-state index contributed by atoms with van der Waals surface area (Å²) in [4.78, 5) is 31.3. The summed E-state index contributed by atoms with van der Waals surface area (Å²) in [5.74, 6) is -2.23. The molecule has 1 saturated heterocycles. The molecular weight excluding hydrogens is 404 g/mol. The van der Waals surface area contributed by atoms with Crippen molar-refractivity contribution in [2.24, 2.45) is 0 Å². The van der Waals surface area contributed by atoms with E-state index in [0.717, 1.165) is 37.1 Å². The normalized spacial score (nSPS) is 17.1. The molecule has 1 unspecified atom stereocenters. The van der Waals surface area contributed by atoms with Crippen LogP contribution in [0.3, 0.4) is 0 Å². The molecule has 1 aromatic carbocycles. The fraction of sp³-hybridized carbons (Fsp3) is 0.409. The number of hydrogen-bond acceptors (Lipinski definition) is 5. The average Bonchev–Trinajstić information content (AvgIpc) is 2.75. The maximum absolute atomic E-state index is 13.8. The topological polar surface area (TPSA) is 100 Å². The molecule has 0 radical (unpaired) electrons. The second-order valence-electron chi connectivity index (χ2n) is 7.67. The van der Waals surface area contributed by atoms with E-state index in [9.17, 15) is 18.4 Å². The maximum atomic E-state index is 13.8. The minimum atomic E-state index is -0.991. The number of nitrogens with two attached hydrogens (primary N) is 1. The second kappa shape index (κ2) is 10.3. The van der Waals surface area contributed by atoms with Crippen LogP contribution in [0.15, 0.2) is 36.5 Å². The zero-order valence-corrected chi connectivity index (χ0v) is 17.4. The number of pyridine rings is 1. The Kier molecular flexibility index (Phi) is 7.51. The Labute approximate surface area is 180 Å². The fourth-order valence-corrected chi connectivity index (χ4v) is 3.78. The summed E-state index contributed by atoms with van der Waals surface area (Å²) in [6.07, 6.45) is 3.95. The quantitative estimate of drug-likeness (QED) is 0.624. The minimum absolute atomic E-state index is 0.0563. The van der Waals surface area contributed by atoms with Crippen LogP contribution in [0, 0.1) is 11.6 Å². The lowest BCUT2D eigenvalue weighted by Crippen LogP contribution is -2.59. The minimum Gasteiger partial charge on any atom is -0.384 e. The number of rotatable bonds is 7. The molecule has 4 N–H and O–H groups in total. The van der Waals surface area contributed by atoms with E-state index in [-0.39, 0.29) is 30.9 Å². The molecular formula is C22H27F2N5O2. The molecule has 2 atom stereocenters. The summed E-state index contributed by atoms with van der Waals surface area (Å²) >= 11 is 0. The second-order valence-corrected chi connectivity index (χ2v) is 7.67. The van der Waals surface area contributed by atoms with Crippen LogP contribution in [0.4, 0.5) is 14.6 Å². The number of nitrogens with one attached hydrogen (secondary N) is 2. The number of piperidine rings is 1. The number of amides is 2. The summed E-state index contributed by atoms with van der Waals surface area (Å²) in [5, 5.41) is 6.12. The maximum Gasteiger partial charge on any atom is 0.243 e. The van der Waals surface area contributed by atoms with Gasteiger partial charge in [-0.3, -0.25) is 14.9 Å². The number of anilines is 1. The number of halogens is 2. The average molecular weight is 431 g/mol. The van der Waals surface area contributed by atoms with Crippen LogP contribution >= 0.6 is 0 Å². The number of benzene rings is 1. The Morgan fingerprint density at radius 1 is 1.23 bits per heavy atom. The molecule has 1 fully saturated rings. The zero-order chi connectivity index (χ0) is 22.4. The van der Waals surface area contributed by atoms with Gasteiger partial charge in [0.2, 0.25) is 11.8 Å². The highest BCUT2D eigenvalue weighted by molar-refractivity contribution is 5.87. The predicted octanol–water partition coefficient (Wildman–Crippen LogP) is 2.12. The SMILES string of the molecule is CC(=O)N(C1CCCCN1)[C@@H](Cc1ccc(F)c(F)c1)C(=O)NCc1ccc(N)nc1. The smallest absolute Gasteiger partial charge is 0.243 e. The fourth-order valence-electron chi connectivity index (χ4n) is 3.78. The van der Waals surface area contributed by atoms with Crippen molar-refractivity contribution in [1.29, 1.82) is 0 Å². The standard InChI is InChI=1S/C22H27F2N5O2/c1-14(30)29(21-4-2-3-9-26-21)19(11-15-5-7-17(23)18(24)10-15)22(31)28-13-16-6-8-20(25)27-12-16/h5-8,10,12,19,21,26H,2-4,9,11,13H2,1H3,(H2,25,27)(H,28,31)/t19-,21?/m0/s1. The molecule has 31 heavy (non-hydrogen) atoms. The number of carbonyl (C=O) groups excluding carboxylic acids is 2. The van der Waals surface area contributed by atoms with Crippen molar-refractivity contribution in [1.82, 2.24) is 20.5 Å². The van der Waals surface area contributed by atoms with E-state index >= 15 is 0 Å². The Morgan fingerprint density at radius 3 is 2.61 bits per heavy atom. The van der Waals surface area contributed by atoms with Gasteiger partial charge in [0.1, 0.15) is 11.9 Å². The van der Waals surface area contributed by atoms with E-state index in [1.54, 1.807) is 18.3 Å². The molecule has 7 nitrogen and oxygen atoms in total. The van der Waals surface area contributed by atoms with E-state index in [0.29, 0.717) is 17.8 Å². The van der Waals surface area contributed by atoms with E-state index in [1.165, 1.54) is 17.9 Å². The number of aromatic nitrogens is 1. The molecule has 166 valence electrons. The largest absolute Gasteiger partial charge is 0.384 e. The Balaban J connectivity index is 1.83. The first-order valence-corrected chi connectivity index (χ1v) is 10.3. The van der Waals surface area contributed by atoms with Crippen LogP contribution in [0.5, 0.6) is 0 Å². The van der Waals surface area contributed by atoms with E-state index in [1.807, 2.05) is 0 Å². The van der Waals surface area contributed by atoms with Gasteiger partial charge in [-0.05, 0) is 55.1 Å². The molecule has 2 amide bonds. The summed E-state index contributed by atoms with van der Waals surface area (Å²) in [7, 11) is 0. The van der Waals surface area contributed by atoms with Crippen molar-refractivity contribution >= 4 is 17.6 Å². The zero-order valence-electron chi connectivity index (χ0n) is 17.4. The Hall–Kier alpha value is -3.07. The van der Waals surface area contributed by atoms with Gasteiger partial charge in [0.15, 0.2) is 11.6 Å². The van der Waals surface area contributed by atoms with Crippen molar-refractivity contribution in [3.63, 3.8) is 0 Å². The summed E-state index contributed by atoms with van der Waals surface area (Å²) in [5.41, 5.74) is 6.76. The van der Waals surface area contributed by atoms with Crippen LogP contribution in [0.2, 0.25) is 0 Å². The van der Waals surface area contributed by atoms with Crippen LogP contribution < -0.4 is 16.4 Å². The Morgan fingerprint density at radius 2 is 2.00 bits per heavy atom. The van der Waals surface area contributed by atoms with Gasteiger partial charge in [-0.1, -0.05) is 12.1 Å². The Bertz CT molecular complexity index is 917. The molecule has 1 aromatic heterocycles. The number of carbonyl (C=O) groups is 2. The third-order valence-electron chi connectivity index (χ3n) is 5.35. The first kappa shape index (κ1) is 22.6. The van der Waals surface area contributed by atoms with Gasteiger partial charge >= 0.3 is 0 Å². The van der Waals surface area contributed by atoms with Crippen LogP contribution in [-0.2, 0) is 22.6 Å². The molecule has 1 aliphatic heterocycles. The summed E-state index contributed by atoms with van der Waals surface area (Å²) in [6.45, 7) is 2.35. The van der Waals surface area contributed by atoms with Crippen LogP contribution in [0.1, 0.15) is 37.3 Å². The van der Waals surface area contributed by atoms with Crippen molar-refractivity contribution in [2.75, 3.05) is 12.3 Å². The van der Waals surface area contributed by atoms with Gasteiger partial charge in [-0.15, -0.1) is 0 Å². The molecule has 0 spiro atoms. The molecule has 0 saturated carbocycles. The predicted molar refractivity (Wildman–Crippen MR) is 113 cm³/mol. The first-order chi connectivity index (χ1) is 14.8. The van der Waals surface area contributed by atoms with Gasteiger partial charge in [-0.2, -0.15) is 0 Å². The lowest BCUT2D eigenvalue weighted by atomic mass is 10.0. The van der Waals surface area contributed by atoms with Crippen molar-refractivity contribution in [3.05, 3.63) is 59.3 Å². The lowest BCUT2D eigenvalue weighted by Gasteiger charge is -2.39. The van der Waals surface area contributed by atoms with Gasteiger partial charge in [0.05, 0.1) is 6.17 Å². The van der Waals surface area contributed by atoms with E-state index in [4.69, 9.17) is 5.73 Å². The van der Waals surface area contributed by atoms with E-state index < -0.39 is 17.7 Å². The highest BCUT2D eigenvalue weighted by Crippen LogP contribution is 2.19.